The number of ether oxygens (including phenoxy) is 3. The lowest BCUT2D eigenvalue weighted by Gasteiger charge is -2.33. The highest BCUT2D eigenvalue weighted by atomic mass is 16.5. The number of rotatable bonds is 6. The second kappa shape index (κ2) is 7.82. The number of carbonyl (C=O) groups excluding carboxylic acids is 1. The van der Waals surface area contributed by atoms with Crippen molar-refractivity contribution in [2.45, 2.75) is 19.9 Å². The minimum atomic E-state index is -1.07. The lowest BCUT2D eigenvalue weighted by Crippen LogP contribution is -2.47. The molecule has 7 nitrogen and oxygen atoms in total. The van der Waals surface area contributed by atoms with Crippen LogP contribution in [0.3, 0.4) is 0 Å². The molecule has 1 aliphatic heterocycles. The number of hydrogen-bond acceptors (Lipinski definition) is 5. The number of benzene rings is 1. The van der Waals surface area contributed by atoms with Gasteiger partial charge in [0.2, 0.25) is 0 Å². The number of hydrogen-bond donors (Lipinski definition) is 1. The van der Waals surface area contributed by atoms with Crippen LogP contribution in [0, 0.1) is 0 Å². The average Bonchev–Trinajstić information content (AvgIpc) is 2.53. The highest BCUT2D eigenvalue weighted by Crippen LogP contribution is 2.29. The van der Waals surface area contributed by atoms with Crippen LogP contribution < -0.4 is 9.47 Å². The maximum atomic E-state index is 12.6. The normalized spacial score (nSPS) is 17.7. The van der Waals surface area contributed by atoms with E-state index in [0.717, 1.165) is 0 Å². The fourth-order valence-corrected chi connectivity index (χ4v) is 2.36. The van der Waals surface area contributed by atoms with Gasteiger partial charge in [0.25, 0.3) is 5.91 Å². The van der Waals surface area contributed by atoms with Gasteiger partial charge in [-0.1, -0.05) is 0 Å². The summed E-state index contributed by atoms with van der Waals surface area (Å²) in [5.74, 6) is -0.511. The molecular formula is C16H21NO6. The molecule has 7 heteroatoms. The van der Waals surface area contributed by atoms with E-state index >= 15 is 0 Å². The van der Waals surface area contributed by atoms with Gasteiger partial charge in [0.05, 0.1) is 25.9 Å². The monoisotopic (exact) mass is 323 g/mol. The van der Waals surface area contributed by atoms with Gasteiger partial charge >= 0.3 is 5.97 Å². The zero-order chi connectivity index (χ0) is 16.8. The van der Waals surface area contributed by atoms with Gasteiger partial charge in [-0.05, 0) is 32.0 Å². The Morgan fingerprint density at radius 3 is 2.78 bits per heavy atom. The minimum Gasteiger partial charge on any atom is -0.490 e. The Bertz CT molecular complexity index is 574. The molecular weight excluding hydrogens is 302 g/mol. The number of amides is 1. The van der Waals surface area contributed by atoms with Crippen molar-refractivity contribution in [3.05, 3.63) is 23.8 Å². The van der Waals surface area contributed by atoms with Crippen molar-refractivity contribution in [1.82, 2.24) is 4.90 Å². The maximum absolute atomic E-state index is 12.6. The van der Waals surface area contributed by atoms with E-state index in [1.165, 1.54) is 0 Å². The molecule has 1 atom stereocenters. The fraction of sp³-hybridized carbons (Fsp3) is 0.500. The topological polar surface area (TPSA) is 85.3 Å². The zero-order valence-electron chi connectivity index (χ0n) is 13.3. The lowest BCUT2D eigenvalue weighted by atomic mass is 10.1. The highest BCUT2D eigenvalue weighted by Gasteiger charge is 2.25. The van der Waals surface area contributed by atoms with Gasteiger partial charge in [0, 0.05) is 12.1 Å². The summed E-state index contributed by atoms with van der Waals surface area (Å²) in [6.45, 7) is 5.24. The van der Waals surface area contributed by atoms with E-state index in [4.69, 9.17) is 19.3 Å². The molecule has 0 aliphatic carbocycles. The van der Waals surface area contributed by atoms with Crippen LogP contribution in [0.1, 0.15) is 24.2 Å². The van der Waals surface area contributed by atoms with Crippen molar-refractivity contribution in [2.24, 2.45) is 0 Å². The average molecular weight is 323 g/mol. The quantitative estimate of drug-likeness (QED) is 0.852. The van der Waals surface area contributed by atoms with E-state index < -0.39 is 12.6 Å². The van der Waals surface area contributed by atoms with Crippen LogP contribution in [-0.2, 0) is 9.53 Å². The van der Waals surface area contributed by atoms with Crippen molar-refractivity contribution in [3.63, 3.8) is 0 Å². The van der Waals surface area contributed by atoms with Crippen molar-refractivity contribution in [3.8, 4) is 11.5 Å². The summed E-state index contributed by atoms with van der Waals surface area (Å²) in [7, 11) is 0. The van der Waals surface area contributed by atoms with Gasteiger partial charge in [-0.25, -0.2) is 4.79 Å². The van der Waals surface area contributed by atoms with Crippen LogP contribution in [0.15, 0.2) is 18.2 Å². The van der Waals surface area contributed by atoms with Crippen LogP contribution in [0.5, 0.6) is 11.5 Å². The number of carboxylic acids is 1. The summed E-state index contributed by atoms with van der Waals surface area (Å²) in [6.07, 6.45) is 0. The maximum Gasteiger partial charge on any atom is 0.341 e. The summed E-state index contributed by atoms with van der Waals surface area (Å²) in [4.78, 5) is 25.0. The molecule has 0 aromatic heterocycles. The zero-order valence-corrected chi connectivity index (χ0v) is 13.3. The molecule has 0 radical (unpaired) electrons. The summed E-state index contributed by atoms with van der Waals surface area (Å²) in [5, 5.41) is 8.70. The van der Waals surface area contributed by atoms with E-state index in [1.54, 1.807) is 30.0 Å². The van der Waals surface area contributed by atoms with E-state index in [0.29, 0.717) is 43.4 Å². The molecule has 1 unspecified atom stereocenters. The predicted octanol–water partition coefficient (Wildman–Crippen LogP) is 1.41. The Kier molecular flexibility index (Phi) is 5.81. The molecule has 1 aromatic rings. The Hall–Kier alpha value is -2.28. The molecule has 1 fully saturated rings. The molecule has 1 amide bonds. The molecule has 126 valence electrons. The number of carboxylic acid groups (broad SMARTS) is 1. The second-order valence-electron chi connectivity index (χ2n) is 5.20. The number of morpholine rings is 1. The first kappa shape index (κ1) is 17.1. The Morgan fingerprint density at radius 1 is 1.35 bits per heavy atom. The van der Waals surface area contributed by atoms with Gasteiger partial charge in [-0.3, -0.25) is 4.79 Å². The van der Waals surface area contributed by atoms with Crippen molar-refractivity contribution >= 4 is 11.9 Å². The number of aliphatic carboxylic acids is 1. The minimum absolute atomic E-state index is 0.00901. The third-order valence-corrected chi connectivity index (χ3v) is 3.47. The predicted molar refractivity (Wildman–Crippen MR) is 82.1 cm³/mol. The number of carbonyl (C=O) groups is 2. The van der Waals surface area contributed by atoms with E-state index in [9.17, 15) is 9.59 Å². The lowest BCUT2D eigenvalue weighted by molar-refractivity contribution is -0.139. The summed E-state index contributed by atoms with van der Waals surface area (Å²) < 4.78 is 16.0. The smallest absolute Gasteiger partial charge is 0.341 e. The molecule has 2 rings (SSSR count). The van der Waals surface area contributed by atoms with Crippen LogP contribution in [-0.4, -0.2) is 60.9 Å². The molecule has 1 saturated heterocycles. The molecule has 0 spiro atoms. The Balaban J connectivity index is 2.20. The number of nitrogens with zero attached hydrogens (tertiary/aromatic N) is 1. The van der Waals surface area contributed by atoms with Gasteiger partial charge in [-0.15, -0.1) is 0 Å². The molecule has 23 heavy (non-hydrogen) atoms. The Labute approximate surface area is 134 Å². The van der Waals surface area contributed by atoms with Crippen molar-refractivity contribution < 1.29 is 28.9 Å². The fourth-order valence-electron chi connectivity index (χ4n) is 2.36. The first-order chi connectivity index (χ1) is 11.0. The van der Waals surface area contributed by atoms with Gasteiger partial charge in [0.1, 0.15) is 0 Å². The molecule has 1 heterocycles. The standard InChI is InChI=1S/C16H21NO6/c1-3-22-14-8-12(4-5-13(14)23-10-15(18)19)16(20)17-6-7-21-9-11(17)2/h4-5,8,11H,3,6-7,9-10H2,1-2H3,(H,18,19). The van der Waals surface area contributed by atoms with Crippen LogP contribution in [0.4, 0.5) is 0 Å². The molecule has 0 saturated carbocycles. The van der Waals surface area contributed by atoms with Gasteiger partial charge in [0.15, 0.2) is 18.1 Å². The van der Waals surface area contributed by atoms with E-state index in [-0.39, 0.29) is 11.9 Å². The summed E-state index contributed by atoms with van der Waals surface area (Å²) >= 11 is 0. The van der Waals surface area contributed by atoms with Gasteiger partial charge < -0.3 is 24.2 Å². The molecule has 1 aromatic carbocycles. The molecule has 0 bridgehead atoms. The molecule has 1 aliphatic rings. The third-order valence-electron chi connectivity index (χ3n) is 3.47. The van der Waals surface area contributed by atoms with Crippen LogP contribution in [0.25, 0.3) is 0 Å². The summed E-state index contributed by atoms with van der Waals surface area (Å²) in [5.41, 5.74) is 0.477. The summed E-state index contributed by atoms with van der Waals surface area (Å²) in [6, 6.07) is 4.77. The SMILES string of the molecule is CCOc1cc(C(=O)N2CCOCC2C)ccc1OCC(=O)O. The molecule has 1 N–H and O–H groups in total. The second-order valence-corrected chi connectivity index (χ2v) is 5.20. The Morgan fingerprint density at radius 2 is 2.13 bits per heavy atom. The van der Waals surface area contributed by atoms with E-state index in [1.807, 2.05) is 6.92 Å². The van der Waals surface area contributed by atoms with Crippen molar-refractivity contribution in [1.29, 1.82) is 0 Å². The van der Waals surface area contributed by atoms with Gasteiger partial charge in [-0.2, -0.15) is 0 Å². The third kappa shape index (κ3) is 4.35. The van der Waals surface area contributed by atoms with Crippen LogP contribution >= 0.6 is 0 Å². The first-order valence-corrected chi connectivity index (χ1v) is 7.53. The van der Waals surface area contributed by atoms with Crippen LogP contribution in [0.2, 0.25) is 0 Å². The largest absolute Gasteiger partial charge is 0.490 e. The van der Waals surface area contributed by atoms with Crippen molar-refractivity contribution in [2.75, 3.05) is 33.0 Å². The van der Waals surface area contributed by atoms with E-state index in [2.05, 4.69) is 0 Å². The highest BCUT2D eigenvalue weighted by molar-refractivity contribution is 5.95. The first-order valence-electron chi connectivity index (χ1n) is 7.53.